The van der Waals surface area contributed by atoms with E-state index in [4.69, 9.17) is 4.74 Å². The van der Waals surface area contributed by atoms with Gasteiger partial charge in [-0.3, -0.25) is 14.6 Å². The highest BCUT2D eigenvalue weighted by atomic mass is 16.5. The molecule has 1 aliphatic carbocycles. The lowest BCUT2D eigenvalue weighted by molar-refractivity contribution is 0.0883. The van der Waals surface area contributed by atoms with Crippen molar-refractivity contribution in [2.45, 2.75) is 6.92 Å². The minimum absolute atomic E-state index is 0.171. The molecule has 0 spiro atoms. The third kappa shape index (κ3) is 2.33. The summed E-state index contributed by atoms with van der Waals surface area (Å²) in [4.78, 5) is 29.3. The van der Waals surface area contributed by atoms with Crippen LogP contribution >= 0.6 is 0 Å². The van der Waals surface area contributed by atoms with E-state index in [1.165, 1.54) is 0 Å². The van der Waals surface area contributed by atoms with Gasteiger partial charge >= 0.3 is 0 Å². The first-order chi connectivity index (χ1) is 10.6. The maximum Gasteiger partial charge on any atom is 0.180 e. The summed E-state index contributed by atoms with van der Waals surface area (Å²) in [5.74, 6) is -0.415. The predicted molar refractivity (Wildman–Crippen MR) is 84.4 cm³/mol. The first-order valence-corrected chi connectivity index (χ1v) is 6.98. The van der Waals surface area contributed by atoms with Gasteiger partial charge < -0.3 is 4.74 Å². The Morgan fingerprint density at radius 1 is 0.955 bits per heavy atom. The second kappa shape index (κ2) is 5.56. The molecule has 0 aliphatic heterocycles. The molecule has 0 aromatic heterocycles. The molecular formula is C18H15NO3. The number of fused-ring (bicyclic) bond motifs is 1. The van der Waals surface area contributed by atoms with Crippen molar-refractivity contribution in [1.29, 1.82) is 0 Å². The molecule has 1 aliphatic rings. The normalized spacial score (nSPS) is 15.1. The number of Topliss-reactive ketones (excluding diaryl/α,β-unsaturated/α-hetero) is 2. The number of carbonyl (C=O) groups is 2. The molecule has 110 valence electrons. The molecule has 3 rings (SSSR count). The fourth-order valence-corrected chi connectivity index (χ4v) is 2.65. The zero-order valence-corrected chi connectivity index (χ0v) is 12.4. The summed E-state index contributed by atoms with van der Waals surface area (Å²) in [6.45, 7) is 1.72. The molecule has 0 atom stereocenters. The van der Waals surface area contributed by atoms with Crippen LogP contribution in [0.15, 0.2) is 53.5 Å². The lowest BCUT2D eigenvalue weighted by Crippen LogP contribution is -2.23. The van der Waals surface area contributed by atoms with Crippen LogP contribution in [-0.4, -0.2) is 24.4 Å². The Kier molecular flexibility index (Phi) is 3.59. The fourth-order valence-electron chi connectivity index (χ4n) is 2.65. The summed E-state index contributed by atoms with van der Waals surface area (Å²) in [6.07, 6.45) is 0. The summed E-state index contributed by atoms with van der Waals surface area (Å²) in [5, 5.41) is 0. The molecule has 0 fully saturated rings. The van der Waals surface area contributed by atoms with E-state index in [0.29, 0.717) is 22.5 Å². The average Bonchev–Trinajstić information content (AvgIpc) is 2.80. The van der Waals surface area contributed by atoms with E-state index in [1.807, 2.05) is 0 Å². The van der Waals surface area contributed by atoms with Crippen molar-refractivity contribution in [2.24, 2.45) is 10.9 Å². The molecule has 4 nitrogen and oxygen atoms in total. The van der Waals surface area contributed by atoms with Crippen molar-refractivity contribution in [3.05, 3.63) is 59.7 Å². The van der Waals surface area contributed by atoms with E-state index in [9.17, 15) is 9.59 Å². The van der Waals surface area contributed by atoms with Gasteiger partial charge in [0, 0.05) is 16.8 Å². The highest BCUT2D eigenvalue weighted by Gasteiger charge is 2.39. The molecule has 0 heterocycles. The molecule has 0 N–H and O–H groups in total. The number of methoxy groups -OCH3 is 1. The van der Waals surface area contributed by atoms with Crippen LogP contribution in [0.25, 0.3) is 0 Å². The number of hydrogen-bond donors (Lipinski definition) is 0. The van der Waals surface area contributed by atoms with E-state index in [1.54, 1.807) is 62.6 Å². The van der Waals surface area contributed by atoms with Crippen molar-refractivity contribution in [3.63, 3.8) is 0 Å². The van der Waals surface area contributed by atoms with Gasteiger partial charge in [-0.05, 0) is 31.2 Å². The Balaban J connectivity index is 1.92. The number of ether oxygens (including phenoxy) is 1. The van der Waals surface area contributed by atoms with Crippen molar-refractivity contribution >= 4 is 23.0 Å². The SMILES string of the molecule is COc1ccc(N=C(C)C2C(=O)c3ccccc3C2=O)cc1. The van der Waals surface area contributed by atoms with E-state index in [-0.39, 0.29) is 11.6 Å². The van der Waals surface area contributed by atoms with Gasteiger partial charge in [0.15, 0.2) is 11.6 Å². The van der Waals surface area contributed by atoms with Gasteiger partial charge in [0.2, 0.25) is 0 Å². The van der Waals surface area contributed by atoms with Crippen molar-refractivity contribution in [2.75, 3.05) is 7.11 Å². The van der Waals surface area contributed by atoms with Crippen LogP contribution < -0.4 is 4.74 Å². The van der Waals surface area contributed by atoms with E-state index in [2.05, 4.69) is 4.99 Å². The zero-order valence-electron chi connectivity index (χ0n) is 12.4. The number of benzene rings is 2. The van der Waals surface area contributed by atoms with Crippen LogP contribution in [0, 0.1) is 5.92 Å². The van der Waals surface area contributed by atoms with Gasteiger partial charge in [-0.15, -0.1) is 0 Å². The van der Waals surface area contributed by atoms with Crippen LogP contribution in [-0.2, 0) is 0 Å². The van der Waals surface area contributed by atoms with Crippen molar-refractivity contribution < 1.29 is 14.3 Å². The first kappa shape index (κ1) is 14.2. The number of ketones is 2. The molecule has 0 saturated heterocycles. The number of hydrogen-bond acceptors (Lipinski definition) is 4. The van der Waals surface area contributed by atoms with Crippen LogP contribution in [0.1, 0.15) is 27.6 Å². The second-order valence-corrected chi connectivity index (χ2v) is 5.16. The van der Waals surface area contributed by atoms with E-state index < -0.39 is 5.92 Å². The highest BCUT2D eigenvalue weighted by molar-refractivity contribution is 6.36. The topological polar surface area (TPSA) is 55.7 Å². The highest BCUT2D eigenvalue weighted by Crippen LogP contribution is 2.29. The van der Waals surface area contributed by atoms with Gasteiger partial charge in [0.1, 0.15) is 11.7 Å². The Hall–Kier alpha value is -2.75. The van der Waals surface area contributed by atoms with Gasteiger partial charge in [-0.2, -0.15) is 0 Å². The molecule has 0 amide bonds. The van der Waals surface area contributed by atoms with Gasteiger partial charge in [-0.1, -0.05) is 24.3 Å². The summed E-state index contributed by atoms with van der Waals surface area (Å²) in [5.41, 5.74) is 2.18. The molecular weight excluding hydrogens is 278 g/mol. The minimum Gasteiger partial charge on any atom is -0.497 e. The molecule has 22 heavy (non-hydrogen) atoms. The monoisotopic (exact) mass is 293 g/mol. The minimum atomic E-state index is -0.806. The fraction of sp³-hybridized carbons (Fsp3) is 0.167. The maximum atomic E-state index is 12.4. The van der Waals surface area contributed by atoms with Crippen LogP contribution in [0.2, 0.25) is 0 Å². The Morgan fingerprint density at radius 2 is 1.50 bits per heavy atom. The van der Waals surface area contributed by atoms with Gasteiger partial charge in [-0.25, -0.2) is 0 Å². The molecule has 0 saturated carbocycles. The summed E-state index contributed by atoms with van der Waals surface area (Å²) in [7, 11) is 1.59. The number of aliphatic imine (C=N–C) groups is 1. The van der Waals surface area contributed by atoms with E-state index in [0.717, 1.165) is 5.75 Å². The number of rotatable bonds is 3. The molecule has 2 aromatic rings. The van der Waals surface area contributed by atoms with Crippen molar-refractivity contribution in [1.82, 2.24) is 0 Å². The molecule has 0 bridgehead atoms. The zero-order chi connectivity index (χ0) is 15.7. The Bertz CT molecular complexity index is 740. The third-order valence-corrected chi connectivity index (χ3v) is 3.78. The number of nitrogens with zero attached hydrogens (tertiary/aromatic N) is 1. The van der Waals surface area contributed by atoms with Gasteiger partial charge in [0.25, 0.3) is 0 Å². The van der Waals surface area contributed by atoms with Crippen LogP contribution in [0.4, 0.5) is 5.69 Å². The Labute approximate surface area is 128 Å². The largest absolute Gasteiger partial charge is 0.497 e. The summed E-state index contributed by atoms with van der Waals surface area (Å²) in [6, 6.07) is 14.1. The van der Waals surface area contributed by atoms with Crippen molar-refractivity contribution in [3.8, 4) is 5.75 Å². The van der Waals surface area contributed by atoms with Gasteiger partial charge in [0.05, 0.1) is 12.8 Å². The lowest BCUT2D eigenvalue weighted by Gasteiger charge is -2.07. The predicted octanol–water partition coefficient (Wildman–Crippen LogP) is 3.48. The summed E-state index contributed by atoms with van der Waals surface area (Å²) >= 11 is 0. The van der Waals surface area contributed by atoms with E-state index >= 15 is 0 Å². The number of carbonyl (C=O) groups excluding carboxylic acids is 2. The molecule has 2 aromatic carbocycles. The Morgan fingerprint density at radius 3 is 2.00 bits per heavy atom. The standard InChI is InChI=1S/C18H15NO3/c1-11(19-12-7-9-13(22-2)10-8-12)16-17(20)14-5-3-4-6-15(14)18(16)21/h3-10,16H,1-2H3. The first-order valence-electron chi connectivity index (χ1n) is 6.98. The smallest absolute Gasteiger partial charge is 0.180 e. The third-order valence-electron chi connectivity index (χ3n) is 3.78. The van der Waals surface area contributed by atoms with Crippen LogP contribution in [0.3, 0.4) is 0 Å². The quantitative estimate of drug-likeness (QED) is 0.643. The second-order valence-electron chi connectivity index (χ2n) is 5.16. The summed E-state index contributed by atoms with van der Waals surface area (Å²) < 4.78 is 5.09. The lowest BCUT2D eigenvalue weighted by atomic mass is 9.99. The van der Waals surface area contributed by atoms with Crippen LogP contribution in [0.5, 0.6) is 5.75 Å². The maximum absolute atomic E-state index is 12.4. The average molecular weight is 293 g/mol. The molecule has 0 radical (unpaired) electrons. The molecule has 0 unspecified atom stereocenters. The molecule has 4 heteroatoms.